The predicted molar refractivity (Wildman–Crippen MR) is 67.1 cm³/mol. The van der Waals surface area contributed by atoms with E-state index in [1.165, 1.54) is 17.6 Å². The van der Waals surface area contributed by atoms with E-state index in [1.54, 1.807) is 0 Å². The number of carbonyl (C=O) groups excluding carboxylic acids is 1. The van der Waals surface area contributed by atoms with Crippen molar-refractivity contribution in [1.29, 1.82) is 0 Å². The van der Waals surface area contributed by atoms with E-state index in [-0.39, 0.29) is 5.92 Å². The van der Waals surface area contributed by atoms with Crippen LogP contribution in [0.5, 0.6) is 0 Å². The zero-order valence-corrected chi connectivity index (χ0v) is 10.8. The van der Waals surface area contributed by atoms with Crippen LogP contribution < -0.4 is 0 Å². The molecular weight excluding hydrogens is 196 g/mol. The number of allylic oxidation sites excluding steroid dienone is 4. The van der Waals surface area contributed by atoms with Crippen LogP contribution in [0.25, 0.3) is 0 Å². The maximum Gasteiger partial charge on any atom is 0.166 e. The van der Waals surface area contributed by atoms with Gasteiger partial charge in [-0.05, 0) is 57.4 Å². The highest BCUT2D eigenvalue weighted by Crippen LogP contribution is 2.45. The third-order valence-corrected chi connectivity index (χ3v) is 4.36. The van der Waals surface area contributed by atoms with Crippen LogP contribution >= 0.6 is 0 Å². The Morgan fingerprint density at radius 2 is 2.06 bits per heavy atom. The van der Waals surface area contributed by atoms with Crippen molar-refractivity contribution in [2.45, 2.75) is 47.0 Å². The number of Topliss-reactive ketones (excluding diaryl/α,β-unsaturated/α-hetero) is 1. The van der Waals surface area contributed by atoms with Gasteiger partial charge in [-0.25, -0.2) is 0 Å². The van der Waals surface area contributed by atoms with Gasteiger partial charge < -0.3 is 0 Å². The first-order valence-electron chi connectivity index (χ1n) is 6.39. The normalized spacial score (nSPS) is 34.5. The minimum Gasteiger partial charge on any atom is -0.294 e. The Morgan fingerprint density at radius 3 is 2.69 bits per heavy atom. The van der Waals surface area contributed by atoms with E-state index < -0.39 is 0 Å². The van der Waals surface area contributed by atoms with Gasteiger partial charge >= 0.3 is 0 Å². The largest absolute Gasteiger partial charge is 0.294 e. The van der Waals surface area contributed by atoms with Crippen LogP contribution in [0.1, 0.15) is 47.0 Å². The molecule has 2 aliphatic carbocycles. The summed E-state index contributed by atoms with van der Waals surface area (Å²) in [7, 11) is 0. The van der Waals surface area contributed by atoms with Crippen molar-refractivity contribution in [3.05, 3.63) is 22.8 Å². The highest BCUT2D eigenvalue weighted by atomic mass is 16.1. The lowest BCUT2D eigenvalue weighted by atomic mass is 9.82. The molecule has 2 aliphatic rings. The van der Waals surface area contributed by atoms with Crippen LogP contribution in [0, 0.1) is 17.8 Å². The van der Waals surface area contributed by atoms with Gasteiger partial charge in [0.25, 0.3) is 0 Å². The zero-order chi connectivity index (χ0) is 11.9. The third-order valence-electron chi connectivity index (χ3n) is 4.36. The number of fused-ring (bicyclic) bond motifs is 1. The fourth-order valence-corrected chi connectivity index (χ4v) is 3.28. The molecule has 0 aliphatic heterocycles. The molecule has 1 saturated carbocycles. The number of hydrogen-bond donors (Lipinski definition) is 0. The Labute approximate surface area is 98.6 Å². The Kier molecular flexibility index (Phi) is 3.05. The molecule has 0 aromatic rings. The number of hydrogen-bond acceptors (Lipinski definition) is 1. The van der Waals surface area contributed by atoms with Crippen LogP contribution in [0.15, 0.2) is 22.8 Å². The van der Waals surface area contributed by atoms with Crippen LogP contribution in [0.2, 0.25) is 0 Å². The van der Waals surface area contributed by atoms with Crippen molar-refractivity contribution in [3.63, 3.8) is 0 Å². The summed E-state index contributed by atoms with van der Waals surface area (Å²) in [5, 5.41) is 0. The molecule has 88 valence electrons. The van der Waals surface area contributed by atoms with E-state index in [0.717, 1.165) is 18.4 Å². The molecule has 0 N–H and O–H groups in total. The monoisotopic (exact) mass is 218 g/mol. The van der Waals surface area contributed by atoms with E-state index >= 15 is 0 Å². The molecule has 0 amide bonds. The fourth-order valence-electron chi connectivity index (χ4n) is 3.28. The van der Waals surface area contributed by atoms with Crippen LogP contribution in [-0.4, -0.2) is 5.78 Å². The van der Waals surface area contributed by atoms with Crippen LogP contribution in [0.3, 0.4) is 0 Å². The van der Waals surface area contributed by atoms with Crippen molar-refractivity contribution < 1.29 is 4.79 Å². The quantitative estimate of drug-likeness (QED) is 0.445. The maximum absolute atomic E-state index is 12.4. The van der Waals surface area contributed by atoms with Crippen molar-refractivity contribution in [2.24, 2.45) is 17.8 Å². The van der Waals surface area contributed by atoms with E-state index in [0.29, 0.717) is 17.6 Å². The number of rotatable bonds is 0. The van der Waals surface area contributed by atoms with Gasteiger partial charge in [-0.1, -0.05) is 24.1 Å². The molecule has 0 aromatic carbocycles. The molecule has 0 spiro atoms. The average molecular weight is 218 g/mol. The molecule has 1 heteroatoms. The van der Waals surface area contributed by atoms with Gasteiger partial charge in [-0.3, -0.25) is 4.79 Å². The van der Waals surface area contributed by atoms with Gasteiger partial charge in [0, 0.05) is 5.92 Å². The Hall–Kier alpha value is -0.850. The molecule has 1 nitrogen and oxygen atoms in total. The molecule has 3 unspecified atom stereocenters. The summed E-state index contributed by atoms with van der Waals surface area (Å²) in [4.78, 5) is 12.4. The summed E-state index contributed by atoms with van der Waals surface area (Å²) in [5.41, 5.74) is 3.64. The molecule has 16 heavy (non-hydrogen) atoms. The summed E-state index contributed by atoms with van der Waals surface area (Å²) in [5.74, 6) is 1.85. The summed E-state index contributed by atoms with van der Waals surface area (Å²) < 4.78 is 0. The van der Waals surface area contributed by atoms with Crippen LogP contribution in [-0.2, 0) is 4.79 Å². The smallest absolute Gasteiger partial charge is 0.166 e. The highest BCUT2D eigenvalue weighted by Gasteiger charge is 2.42. The van der Waals surface area contributed by atoms with Gasteiger partial charge in [0.15, 0.2) is 5.78 Å². The lowest BCUT2D eigenvalue weighted by molar-refractivity contribution is -0.117. The molecule has 0 radical (unpaired) electrons. The second-order valence-electron chi connectivity index (χ2n) is 5.69. The Morgan fingerprint density at radius 1 is 1.38 bits per heavy atom. The van der Waals surface area contributed by atoms with Crippen LogP contribution in [0.4, 0.5) is 0 Å². The minimum absolute atomic E-state index is 0.197. The molecule has 1 fully saturated rings. The van der Waals surface area contributed by atoms with E-state index in [1.807, 2.05) is 0 Å². The molecular formula is C15H22O. The molecule has 0 aromatic heterocycles. The van der Waals surface area contributed by atoms with E-state index in [9.17, 15) is 4.79 Å². The Balaban J connectivity index is 2.40. The minimum atomic E-state index is 0.197. The topological polar surface area (TPSA) is 17.1 Å². The molecule has 0 saturated heterocycles. The van der Waals surface area contributed by atoms with Crippen molar-refractivity contribution in [2.75, 3.05) is 0 Å². The van der Waals surface area contributed by atoms with Gasteiger partial charge in [0.2, 0.25) is 0 Å². The maximum atomic E-state index is 12.4. The first kappa shape index (κ1) is 11.6. The second kappa shape index (κ2) is 4.20. The molecule has 3 atom stereocenters. The van der Waals surface area contributed by atoms with Crippen molar-refractivity contribution in [1.82, 2.24) is 0 Å². The lowest BCUT2D eigenvalue weighted by Gasteiger charge is -2.21. The number of carbonyl (C=O) groups is 1. The molecule has 0 heterocycles. The first-order valence-corrected chi connectivity index (χ1v) is 6.39. The summed E-state index contributed by atoms with van der Waals surface area (Å²) in [6.07, 6.45) is 5.68. The van der Waals surface area contributed by atoms with Gasteiger partial charge in [0.05, 0.1) is 0 Å². The second-order valence-corrected chi connectivity index (χ2v) is 5.69. The highest BCUT2D eigenvalue weighted by molar-refractivity contribution is 6.02. The lowest BCUT2D eigenvalue weighted by Crippen LogP contribution is -2.20. The van der Waals surface area contributed by atoms with E-state index in [4.69, 9.17) is 0 Å². The Bertz CT molecular complexity index is 369. The molecule has 0 bridgehead atoms. The first-order chi connectivity index (χ1) is 7.52. The average Bonchev–Trinajstić information content (AvgIpc) is 2.48. The van der Waals surface area contributed by atoms with Gasteiger partial charge in [-0.15, -0.1) is 0 Å². The number of ketones is 1. The zero-order valence-electron chi connectivity index (χ0n) is 10.8. The summed E-state index contributed by atoms with van der Waals surface area (Å²) in [6, 6.07) is 0. The fraction of sp³-hybridized carbons (Fsp3) is 0.667. The summed E-state index contributed by atoms with van der Waals surface area (Å²) in [6.45, 7) is 8.59. The van der Waals surface area contributed by atoms with E-state index in [2.05, 4.69) is 33.8 Å². The standard InChI is InChI=1S/C15H22O/c1-9(2)12-8-13-10(3)6-5-7-11(4)14(13)15(12)16/h7,10,13-14H,5-6,8H2,1-4H3. The van der Waals surface area contributed by atoms with Crippen molar-refractivity contribution in [3.8, 4) is 0 Å². The molecule has 2 rings (SSSR count). The predicted octanol–water partition coefficient (Wildman–Crippen LogP) is 3.90. The third kappa shape index (κ3) is 1.77. The van der Waals surface area contributed by atoms with Gasteiger partial charge in [0.1, 0.15) is 0 Å². The van der Waals surface area contributed by atoms with Gasteiger partial charge in [-0.2, -0.15) is 0 Å². The van der Waals surface area contributed by atoms with Crippen molar-refractivity contribution >= 4 is 5.78 Å². The SMILES string of the molecule is CC1=CCCC(C)C2CC(=C(C)C)C(=O)C12. The summed E-state index contributed by atoms with van der Waals surface area (Å²) >= 11 is 0.